The highest BCUT2D eigenvalue weighted by molar-refractivity contribution is 5.97. The van der Waals surface area contributed by atoms with Crippen LogP contribution in [0.5, 0.6) is 0 Å². The molecule has 6 heteroatoms. The number of halogens is 1. The van der Waals surface area contributed by atoms with Gasteiger partial charge in [-0.15, -0.1) is 0 Å². The summed E-state index contributed by atoms with van der Waals surface area (Å²) in [6.07, 6.45) is 7.22. The summed E-state index contributed by atoms with van der Waals surface area (Å²) in [4.78, 5) is 4.37. The molecule has 5 nitrogen and oxygen atoms in total. The summed E-state index contributed by atoms with van der Waals surface area (Å²) in [7, 11) is 0. The summed E-state index contributed by atoms with van der Waals surface area (Å²) in [6, 6.07) is 9.15. The zero-order valence-corrected chi connectivity index (χ0v) is 14.0. The van der Waals surface area contributed by atoms with Crippen molar-refractivity contribution in [3.05, 3.63) is 54.2 Å². The van der Waals surface area contributed by atoms with E-state index in [2.05, 4.69) is 19.9 Å². The Morgan fingerprint density at radius 3 is 2.88 bits per heavy atom. The number of nitrogens with zero attached hydrogens (tertiary/aromatic N) is 4. The van der Waals surface area contributed by atoms with E-state index >= 15 is 0 Å². The highest BCUT2D eigenvalue weighted by atomic mass is 19.1. The number of pyridine rings is 1. The van der Waals surface area contributed by atoms with Crippen molar-refractivity contribution in [3.63, 3.8) is 0 Å². The first-order valence-corrected chi connectivity index (χ1v) is 8.96. The molecule has 6 rings (SSSR count). The van der Waals surface area contributed by atoms with E-state index in [-0.39, 0.29) is 5.82 Å². The largest absolute Gasteiger partial charge is 0.265 e. The highest BCUT2D eigenvalue weighted by Gasteiger charge is 2.41. The summed E-state index contributed by atoms with van der Waals surface area (Å²) in [5.41, 5.74) is 6.20. The van der Waals surface area contributed by atoms with Gasteiger partial charge in [0.2, 0.25) is 0 Å². The lowest BCUT2D eigenvalue weighted by Crippen LogP contribution is -2.07. The summed E-state index contributed by atoms with van der Waals surface area (Å²) in [5.74, 6) is 0.315. The van der Waals surface area contributed by atoms with E-state index in [4.69, 9.17) is 5.10 Å². The number of aromatic amines is 1. The van der Waals surface area contributed by atoms with Crippen LogP contribution in [0.1, 0.15) is 36.9 Å². The summed E-state index contributed by atoms with van der Waals surface area (Å²) in [5, 5.41) is 13.1. The van der Waals surface area contributed by atoms with Gasteiger partial charge in [0.15, 0.2) is 5.65 Å². The molecule has 2 aliphatic rings. The topological polar surface area (TPSA) is 59.4 Å². The third-order valence-corrected chi connectivity index (χ3v) is 5.83. The van der Waals surface area contributed by atoms with E-state index in [0.717, 1.165) is 33.4 Å². The first kappa shape index (κ1) is 14.2. The van der Waals surface area contributed by atoms with Crippen molar-refractivity contribution < 1.29 is 4.39 Å². The predicted octanol–water partition coefficient (Wildman–Crippen LogP) is 4.45. The molecular formula is C20H16FN5. The Balaban J connectivity index is 1.68. The van der Waals surface area contributed by atoms with Crippen LogP contribution in [0.2, 0.25) is 0 Å². The Hall–Kier alpha value is -3.02. The maximum absolute atomic E-state index is 13.4. The Labute approximate surface area is 148 Å². The molecule has 2 unspecified atom stereocenters. The minimum Gasteiger partial charge on any atom is -0.265 e. The average Bonchev–Trinajstić information content (AvgIpc) is 3.42. The Morgan fingerprint density at radius 2 is 2.00 bits per heavy atom. The number of H-pyrrole nitrogens is 1. The fourth-order valence-electron chi connectivity index (χ4n) is 4.69. The van der Waals surface area contributed by atoms with Crippen LogP contribution in [-0.4, -0.2) is 25.0 Å². The first-order valence-electron chi connectivity index (χ1n) is 8.96. The quantitative estimate of drug-likeness (QED) is 0.584. The number of fused-ring (bicyclic) bond motifs is 6. The molecule has 4 heterocycles. The molecule has 128 valence electrons. The van der Waals surface area contributed by atoms with Crippen molar-refractivity contribution in [2.45, 2.75) is 31.2 Å². The summed E-state index contributed by atoms with van der Waals surface area (Å²) < 4.78 is 15.7. The van der Waals surface area contributed by atoms with Crippen LogP contribution in [-0.2, 0) is 0 Å². The molecular weight excluding hydrogens is 329 g/mol. The monoisotopic (exact) mass is 345 g/mol. The molecule has 0 spiro atoms. The van der Waals surface area contributed by atoms with Crippen LogP contribution >= 0.6 is 0 Å². The normalized spacial score (nSPS) is 20.8. The molecule has 4 aromatic rings. The SMILES string of the molecule is Fc1ccc(-c2nn3c(c2-c2ccnc4[nH]ncc24)C2CCC3C2)cc1. The van der Waals surface area contributed by atoms with Crippen LogP contribution < -0.4 is 0 Å². The molecule has 1 aliphatic carbocycles. The number of rotatable bonds is 2. The molecule has 3 aromatic heterocycles. The second-order valence-corrected chi connectivity index (χ2v) is 7.21. The summed E-state index contributed by atoms with van der Waals surface area (Å²) >= 11 is 0. The number of nitrogens with one attached hydrogen (secondary N) is 1. The smallest absolute Gasteiger partial charge is 0.155 e. The molecule has 0 amide bonds. The van der Waals surface area contributed by atoms with Crippen molar-refractivity contribution >= 4 is 11.0 Å². The molecule has 1 aliphatic heterocycles. The van der Waals surface area contributed by atoms with Gasteiger partial charge in [-0.05, 0) is 55.2 Å². The maximum atomic E-state index is 13.4. The third-order valence-electron chi connectivity index (χ3n) is 5.83. The van der Waals surface area contributed by atoms with E-state index in [1.165, 1.54) is 37.1 Å². The molecule has 26 heavy (non-hydrogen) atoms. The van der Waals surface area contributed by atoms with E-state index in [1.54, 1.807) is 0 Å². The van der Waals surface area contributed by atoms with E-state index in [9.17, 15) is 4.39 Å². The number of hydrogen-bond donors (Lipinski definition) is 1. The molecule has 1 saturated carbocycles. The van der Waals surface area contributed by atoms with Crippen LogP contribution in [0.25, 0.3) is 33.4 Å². The lowest BCUT2D eigenvalue weighted by molar-refractivity contribution is 0.478. The van der Waals surface area contributed by atoms with Crippen LogP contribution in [0.4, 0.5) is 4.39 Å². The van der Waals surface area contributed by atoms with Gasteiger partial charge < -0.3 is 0 Å². The van der Waals surface area contributed by atoms with E-state index in [1.807, 2.05) is 30.6 Å². The molecule has 0 radical (unpaired) electrons. The molecule has 2 atom stereocenters. The molecule has 1 N–H and O–H groups in total. The van der Waals surface area contributed by atoms with Gasteiger partial charge in [0, 0.05) is 28.6 Å². The molecule has 1 aromatic carbocycles. The van der Waals surface area contributed by atoms with Crippen molar-refractivity contribution in [2.75, 3.05) is 0 Å². The Bertz CT molecular complexity index is 1140. The second-order valence-electron chi connectivity index (χ2n) is 7.21. The van der Waals surface area contributed by atoms with Crippen molar-refractivity contribution in [2.24, 2.45) is 0 Å². The molecule has 1 fully saturated rings. The maximum Gasteiger partial charge on any atom is 0.155 e. The Kier molecular flexibility index (Phi) is 2.73. The lowest BCUT2D eigenvalue weighted by atomic mass is 9.92. The average molecular weight is 345 g/mol. The highest BCUT2D eigenvalue weighted by Crippen LogP contribution is 2.54. The van der Waals surface area contributed by atoms with Gasteiger partial charge in [0.25, 0.3) is 0 Å². The zero-order chi connectivity index (χ0) is 17.3. The first-order chi connectivity index (χ1) is 12.8. The van der Waals surface area contributed by atoms with E-state index < -0.39 is 0 Å². The van der Waals surface area contributed by atoms with Crippen LogP contribution in [0.3, 0.4) is 0 Å². The standard InChI is InChI=1S/C20H16FN5/c21-13-4-1-11(2-5-13)18-17(15-7-8-22-20-16(15)10-23-24-20)19-12-3-6-14(9-12)26(19)25-18/h1-2,4-5,7-8,10,12,14H,3,6,9H2,(H,22,23,24). The zero-order valence-electron chi connectivity index (χ0n) is 14.0. The second kappa shape index (κ2) is 5.00. The number of aromatic nitrogens is 5. The van der Waals surface area contributed by atoms with E-state index in [0.29, 0.717) is 12.0 Å². The van der Waals surface area contributed by atoms with Gasteiger partial charge in [-0.2, -0.15) is 10.2 Å². The number of hydrogen-bond acceptors (Lipinski definition) is 3. The van der Waals surface area contributed by atoms with Crippen LogP contribution in [0.15, 0.2) is 42.7 Å². The summed E-state index contributed by atoms with van der Waals surface area (Å²) in [6.45, 7) is 0. The Morgan fingerprint density at radius 1 is 1.12 bits per heavy atom. The van der Waals surface area contributed by atoms with Gasteiger partial charge in [0.1, 0.15) is 11.5 Å². The molecule has 2 bridgehead atoms. The minimum atomic E-state index is -0.233. The van der Waals surface area contributed by atoms with Gasteiger partial charge in [-0.1, -0.05) is 0 Å². The van der Waals surface area contributed by atoms with Gasteiger partial charge >= 0.3 is 0 Å². The van der Waals surface area contributed by atoms with Crippen molar-refractivity contribution in [3.8, 4) is 22.4 Å². The molecule has 0 saturated heterocycles. The van der Waals surface area contributed by atoms with Crippen LogP contribution in [0, 0.1) is 5.82 Å². The lowest BCUT2D eigenvalue weighted by Gasteiger charge is -2.14. The van der Waals surface area contributed by atoms with Gasteiger partial charge in [0.05, 0.1) is 17.9 Å². The predicted molar refractivity (Wildman–Crippen MR) is 96.1 cm³/mol. The van der Waals surface area contributed by atoms with Gasteiger partial charge in [-0.3, -0.25) is 9.78 Å². The number of benzene rings is 1. The van der Waals surface area contributed by atoms with Crippen molar-refractivity contribution in [1.29, 1.82) is 0 Å². The van der Waals surface area contributed by atoms with Gasteiger partial charge in [-0.25, -0.2) is 9.37 Å². The minimum absolute atomic E-state index is 0.233. The van der Waals surface area contributed by atoms with Crippen molar-refractivity contribution in [1.82, 2.24) is 25.0 Å². The fraction of sp³-hybridized carbons (Fsp3) is 0.250. The third kappa shape index (κ3) is 1.81. The fourth-order valence-corrected chi connectivity index (χ4v) is 4.69.